The Balaban J connectivity index is 1.48. The fourth-order valence-electron chi connectivity index (χ4n) is 3.88. The predicted octanol–water partition coefficient (Wildman–Crippen LogP) is 4.85. The topological polar surface area (TPSA) is 65.4 Å². The third kappa shape index (κ3) is 5.34. The first kappa shape index (κ1) is 22.4. The van der Waals surface area contributed by atoms with E-state index < -0.39 is 0 Å². The summed E-state index contributed by atoms with van der Waals surface area (Å²) >= 11 is 0. The van der Waals surface area contributed by atoms with Gasteiger partial charge in [-0.15, -0.1) is 0 Å². The summed E-state index contributed by atoms with van der Waals surface area (Å²) in [4.78, 5) is 17.6. The van der Waals surface area contributed by atoms with E-state index in [1.54, 1.807) is 6.20 Å². The van der Waals surface area contributed by atoms with E-state index in [9.17, 15) is 4.79 Å². The zero-order valence-corrected chi connectivity index (χ0v) is 19.1. The first-order chi connectivity index (χ1) is 16.2. The molecule has 6 heteroatoms. The number of carbonyl (C=O) groups is 1. The van der Waals surface area contributed by atoms with E-state index in [-0.39, 0.29) is 5.91 Å². The number of rotatable bonds is 10. The molecule has 0 radical (unpaired) electrons. The maximum Gasteiger partial charge on any atom is 0.267 e. The van der Waals surface area contributed by atoms with Crippen molar-refractivity contribution >= 4 is 16.8 Å². The molecule has 170 valence electrons. The number of para-hydroxylation sites is 1. The van der Waals surface area contributed by atoms with Crippen LogP contribution in [0.2, 0.25) is 0 Å². The zero-order valence-electron chi connectivity index (χ0n) is 19.1. The zero-order chi connectivity index (χ0) is 23.0. The third-order valence-corrected chi connectivity index (χ3v) is 5.40. The second-order valence-corrected chi connectivity index (χ2v) is 7.65. The number of amides is 1. The Morgan fingerprint density at radius 3 is 2.52 bits per heavy atom. The summed E-state index contributed by atoms with van der Waals surface area (Å²) in [5.41, 5.74) is 3.63. The van der Waals surface area contributed by atoms with Crippen molar-refractivity contribution < 1.29 is 14.3 Å². The van der Waals surface area contributed by atoms with E-state index in [1.807, 2.05) is 85.1 Å². The van der Waals surface area contributed by atoms with E-state index in [4.69, 9.17) is 9.47 Å². The summed E-state index contributed by atoms with van der Waals surface area (Å²) in [7, 11) is 0. The van der Waals surface area contributed by atoms with Gasteiger partial charge >= 0.3 is 0 Å². The number of fused-ring (bicyclic) bond motifs is 1. The highest BCUT2D eigenvalue weighted by Crippen LogP contribution is 2.28. The van der Waals surface area contributed by atoms with E-state index in [0.29, 0.717) is 38.4 Å². The monoisotopic (exact) mass is 443 g/mol. The van der Waals surface area contributed by atoms with Crippen LogP contribution in [0, 0.1) is 0 Å². The number of nitrogens with one attached hydrogen (secondary N) is 1. The molecule has 0 aliphatic heterocycles. The fraction of sp³-hybridized carbons (Fsp3) is 0.259. The van der Waals surface area contributed by atoms with Crippen molar-refractivity contribution in [3.8, 4) is 11.5 Å². The van der Waals surface area contributed by atoms with Gasteiger partial charge in [0.2, 0.25) is 0 Å². The predicted molar refractivity (Wildman–Crippen MR) is 130 cm³/mol. The molecule has 2 aromatic heterocycles. The summed E-state index contributed by atoms with van der Waals surface area (Å²) < 4.78 is 13.4. The molecule has 1 amide bonds. The second-order valence-electron chi connectivity index (χ2n) is 7.65. The number of hydrogen-bond acceptors (Lipinski definition) is 4. The molecule has 6 nitrogen and oxygen atoms in total. The van der Waals surface area contributed by atoms with Crippen molar-refractivity contribution in [2.75, 3.05) is 19.8 Å². The van der Waals surface area contributed by atoms with E-state index in [0.717, 1.165) is 33.7 Å². The first-order valence-electron chi connectivity index (χ1n) is 11.3. The molecule has 4 aromatic rings. The molecule has 1 N–H and O–H groups in total. The summed E-state index contributed by atoms with van der Waals surface area (Å²) in [6.45, 7) is 6.11. The Kier molecular flexibility index (Phi) is 7.25. The minimum absolute atomic E-state index is 0.0990. The fourth-order valence-corrected chi connectivity index (χ4v) is 3.88. The lowest BCUT2D eigenvalue weighted by Gasteiger charge is -2.13. The van der Waals surface area contributed by atoms with Crippen molar-refractivity contribution in [1.29, 1.82) is 0 Å². The van der Waals surface area contributed by atoms with Crippen molar-refractivity contribution in [2.45, 2.75) is 26.8 Å². The minimum atomic E-state index is -0.0990. The molecule has 0 aliphatic carbocycles. The lowest BCUT2D eigenvalue weighted by Crippen LogP contribution is -2.28. The maximum atomic E-state index is 13.1. The summed E-state index contributed by atoms with van der Waals surface area (Å²) in [6, 6.07) is 21.7. The Morgan fingerprint density at radius 1 is 0.939 bits per heavy atom. The average Bonchev–Trinajstić information content (AvgIpc) is 3.20. The van der Waals surface area contributed by atoms with Gasteiger partial charge in [-0.05, 0) is 62.2 Å². The summed E-state index contributed by atoms with van der Waals surface area (Å²) in [6.07, 6.45) is 2.47. The Morgan fingerprint density at radius 2 is 1.73 bits per heavy atom. The standard InChI is InChI=1S/C27H29N3O3/c1-3-32-25-13-12-20(17-26(25)33-4-2)14-16-29-27(31)24-18-21-9-5-6-11-23(21)30(24)19-22-10-7-8-15-28-22/h5-13,15,17-18H,3-4,14,16,19H2,1-2H3,(H,29,31). The van der Waals surface area contributed by atoms with E-state index in [2.05, 4.69) is 10.3 Å². The molecule has 0 bridgehead atoms. The lowest BCUT2D eigenvalue weighted by atomic mass is 10.1. The minimum Gasteiger partial charge on any atom is -0.490 e. The molecule has 0 atom stereocenters. The van der Waals surface area contributed by atoms with Crippen LogP contribution in [-0.4, -0.2) is 35.2 Å². The van der Waals surface area contributed by atoms with Crippen molar-refractivity contribution in [3.63, 3.8) is 0 Å². The molecule has 4 rings (SSSR count). The molecule has 2 heterocycles. The van der Waals surface area contributed by atoms with Crippen molar-refractivity contribution in [3.05, 3.63) is 89.9 Å². The molecular formula is C27H29N3O3. The van der Waals surface area contributed by atoms with Crippen LogP contribution >= 0.6 is 0 Å². The number of benzene rings is 2. The van der Waals surface area contributed by atoms with E-state index >= 15 is 0 Å². The number of pyridine rings is 1. The van der Waals surface area contributed by atoms with Crippen LogP contribution < -0.4 is 14.8 Å². The average molecular weight is 444 g/mol. The van der Waals surface area contributed by atoms with Gasteiger partial charge in [-0.2, -0.15) is 0 Å². The van der Waals surface area contributed by atoms with Crippen molar-refractivity contribution in [2.24, 2.45) is 0 Å². The van der Waals surface area contributed by atoms with Crippen molar-refractivity contribution in [1.82, 2.24) is 14.9 Å². The smallest absolute Gasteiger partial charge is 0.267 e. The van der Waals surface area contributed by atoms with Gasteiger partial charge in [0.05, 0.1) is 25.5 Å². The van der Waals surface area contributed by atoms with Gasteiger partial charge in [-0.25, -0.2) is 0 Å². The number of carbonyl (C=O) groups excluding carboxylic acids is 1. The molecule has 2 aromatic carbocycles. The van der Waals surface area contributed by atoms with Crippen LogP contribution in [0.3, 0.4) is 0 Å². The second kappa shape index (κ2) is 10.7. The number of ether oxygens (including phenoxy) is 2. The van der Waals surface area contributed by atoms with Gasteiger partial charge in [-0.1, -0.05) is 30.3 Å². The molecule has 0 aliphatic rings. The Bertz CT molecular complexity index is 1220. The highest BCUT2D eigenvalue weighted by Gasteiger charge is 2.16. The SMILES string of the molecule is CCOc1ccc(CCNC(=O)c2cc3ccccc3n2Cc2ccccn2)cc1OCC. The van der Waals surface area contributed by atoms with Gasteiger partial charge in [0, 0.05) is 23.6 Å². The maximum absolute atomic E-state index is 13.1. The highest BCUT2D eigenvalue weighted by atomic mass is 16.5. The number of aromatic nitrogens is 2. The van der Waals surface area contributed by atoms with Crippen LogP contribution in [-0.2, 0) is 13.0 Å². The molecule has 33 heavy (non-hydrogen) atoms. The molecular weight excluding hydrogens is 414 g/mol. The molecule has 0 spiro atoms. The van der Waals surface area contributed by atoms with Gasteiger partial charge in [0.25, 0.3) is 5.91 Å². The first-order valence-corrected chi connectivity index (χ1v) is 11.3. The van der Waals surface area contributed by atoms with Crippen LogP contribution in [0.4, 0.5) is 0 Å². The molecule has 0 fully saturated rings. The van der Waals surface area contributed by atoms with Gasteiger partial charge in [0.1, 0.15) is 5.69 Å². The van der Waals surface area contributed by atoms with Crippen LogP contribution in [0.5, 0.6) is 11.5 Å². The van der Waals surface area contributed by atoms with Crippen LogP contribution in [0.25, 0.3) is 10.9 Å². The normalized spacial score (nSPS) is 10.8. The Hall–Kier alpha value is -3.80. The van der Waals surface area contributed by atoms with Gasteiger partial charge in [-0.3, -0.25) is 9.78 Å². The molecule has 0 saturated heterocycles. The van der Waals surface area contributed by atoms with Gasteiger partial charge < -0.3 is 19.4 Å². The highest BCUT2D eigenvalue weighted by molar-refractivity contribution is 5.98. The number of nitrogens with zero attached hydrogens (tertiary/aromatic N) is 2. The third-order valence-electron chi connectivity index (χ3n) is 5.40. The van der Waals surface area contributed by atoms with Gasteiger partial charge in [0.15, 0.2) is 11.5 Å². The molecule has 0 saturated carbocycles. The Labute approximate surface area is 194 Å². The van der Waals surface area contributed by atoms with E-state index in [1.165, 1.54) is 0 Å². The van der Waals surface area contributed by atoms with Crippen LogP contribution in [0.15, 0.2) is 72.9 Å². The largest absolute Gasteiger partial charge is 0.490 e. The lowest BCUT2D eigenvalue weighted by molar-refractivity contribution is 0.0945. The summed E-state index contributed by atoms with van der Waals surface area (Å²) in [5.74, 6) is 1.38. The van der Waals surface area contributed by atoms with Crippen LogP contribution in [0.1, 0.15) is 35.6 Å². The quantitative estimate of drug-likeness (QED) is 0.380. The number of hydrogen-bond donors (Lipinski definition) is 1. The summed E-state index contributed by atoms with van der Waals surface area (Å²) in [5, 5.41) is 4.11. The molecule has 0 unspecified atom stereocenters.